The zero-order chi connectivity index (χ0) is 20.9. The molecule has 1 aliphatic carbocycles. The average Bonchev–Trinajstić information content (AvgIpc) is 3.07. The van der Waals surface area contributed by atoms with Gasteiger partial charge in [-0.15, -0.1) is 0 Å². The highest BCUT2D eigenvalue weighted by Gasteiger charge is 2.27. The molecule has 1 aromatic carbocycles. The van der Waals surface area contributed by atoms with E-state index in [0.717, 1.165) is 50.5 Å². The summed E-state index contributed by atoms with van der Waals surface area (Å²) in [5.41, 5.74) is 3.86. The van der Waals surface area contributed by atoms with Crippen LogP contribution in [0.25, 0.3) is 0 Å². The lowest BCUT2D eigenvalue weighted by atomic mass is 9.93. The third-order valence-electron chi connectivity index (χ3n) is 6.05. The van der Waals surface area contributed by atoms with E-state index in [0.29, 0.717) is 18.1 Å². The quantitative estimate of drug-likeness (QED) is 0.216. The molecule has 3 heteroatoms. The van der Waals surface area contributed by atoms with Gasteiger partial charge in [-0.25, -0.2) is 0 Å². The lowest BCUT2D eigenvalue weighted by molar-refractivity contribution is -0.140. The number of Topliss-reactive ketones (excluding diaryl/α,β-unsaturated/α-hetero) is 1. The van der Waals surface area contributed by atoms with Crippen molar-refractivity contribution >= 4 is 11.8 Å². The Kier molecular flexibility index (Phi) is 10.8. The molecular formula is C26H38O3. The van der Waals surface area contributed by atoms with Crippen molar-refractivity contribution in [1.82, 2.24) is 0 Å². The van der Waals surface area contributed by atoms with Gasteiger partial charge in [0.15, 0.2) is 5.78 Å². The van der Waals surface area contributed by atoms with E-state index in [1.54, 1.807) is 0 Å². The first-order valence-corrected chi connectivity index (χ1v) is 11.5. The van der Waals surface area contributed by atoms with Crippen molar-refractivity contribution in [3.8, 4) is 0 Å². The zero-order valence-corrected chi connectivity index (χ0v) is 18.4. The molecule has 0 saturated heterocycles. The van der Waals surface area contributed by atoms with Gasteiger partial charge in [-0.2, -0.15) is 0 Å². The molecule has 3 nitrogen and oxygen atoms in total. The highest BCUT2D eigenvalue weighted by molar-refractivity contribution is 5.97. The molecular weight excluding hydrogens is 360 g/mol. The smallest absolute Gasteiger partial charge is 0.305 e. The number of unbranched alkanes of at least 4 members (excludes halogenated alkanes) is 6. The molecule has 0 heterocycles. The van der Waals surface area contributed by atoms with Crippen LogP contribution in [0.2, 0.25) is 0 Å². The van der Waals surface area contributed by atoms with Crippen LogP contribution in [0.1, 0.15) is 88.2 Å². The fourth-order valence-corrected chi connectivity index (χ4v) is 4.19. The minimum Gasteiger partial charge on any atom is -0.469 e. The first-order chi connectivity index (χ1) is 14.1. The molecule has 2 rings (SSSR count). The van der Waals surface area contributed by atoms with Crippen molar-refractivity contribution in [3.05, 3.63) is 47.0 Å². The number of allylic oxidation sites excluding steroid dienone is 2. The second-order valence-electron chi connectivity index (χ2n) is 8.43. The van der Waals surface area contributed by atoms with Crippen molar-refractivity contribution in [2.75, 3.05) is 7.11 Å². The van der Waals surface area contributed by atoms with Crippen LogP contribution in [-0.4, -0.2) is 18.9 Å². The summed E-state index contributed by atoms with van der Waals surface area (Å²) in [6.07, 6.45) is 15.7. The Labute approximate surface area is 176 Å². The average molecular weight is 399 g/mol. The van der Waals surface area contributed by atoms with Crippen LogP contribution in [0, 0.1) is 12.8 Å². The number of carbonyl (C=O) groups excluding carboxylic acids is 2. The van der Waals surface area contributed by atoms with Gasteiger partial charge in [-0.3, -0.25) is 9.59 Å². The topological polar surface area (TPSA) is 43.4 Å². The van der Waals surface area contributed by atoms with E-state index in [9.17, 15) is 9.59 Å². The number of ketones is 1. The van der Waals surface area contributed by atoms with Crippen LogP contribution in [0.3, 0.4) is 0 Å². The number of carbonyl (C=O) groups is 2. The molecule has 0 amide bonds. The minimum atomic E-state index is -0.131. The Bertz CT molecular complexity index is 657. The SMILES string of the molecule is COC(=O)CCCCC/C=C1/C(=O)CC[C@H]1CCCCCCc1ccc(C)cc1. The van der Waals surface area contributed by atoms with Gasteiger partial charge in [-0.1, -0.05) is 61.6 Å². The molecule has 0 unspecified atom stereocenters. The van der Waals surface area contributed by atoms with Gasteiger partial charge in [-0.05, 0) is 68.9 Å². The van der Waals surface area contributed by atoms with Crippen LogP contribution in [0.4, 0.5) is 0 Å². The predicted molar refractivity (Wildman–Crippen MR) is 119 cm³/mol. The summed E-state index contributed by atoms with van der Waals surface area (Å²) < 4.78 is 4.66. The summed E-state index contributed by atoms with van der Waals surface area (Å²) >= 11 is 0. The maximum Gasteiger partial charge on any atom is 0.305 e. The summed E-state index contributed by atoms with van der Waals surface area (Å²) in [5.74, 6) is 0.715. The van der Waals surface area contributed by atoms with E-state index in [1.165, 1.54) is 50.3 Å². The molecule has 0 radical (unpaired) electrons. The number of rotatable bonds is 13. The summed E-state index contributed by atoms with van der Waals surface area (Å²) in [5, 5.41) is 0. The number of aryl methyl sites for hydroxylation is 2. The second-order valence-corrected chi connectivity index (χ2v) is 8.43. The Morgan fingerprint density at radius 2 is 1.76 bits per heavy atom. The normalized spacial score (nSPS) is 17.8. The number of hydrogen-bond acceptors (Lipinski definition) is 3. The Morgan fingerprint density at radius 1 is 1.03 bits per heavy atom. The lowest BCUT2D eigenvalue weighted by Gasteiger charge is -2.11. The van der Waals surface area contributed by atoms with E-state index < -0.39 is 0 Å². The highest BCUT2D eigenvalue weighted by Crippen LogP contribution is 2.33. The maximum atomic E-state index is 12.2. The molecule has 1 aromatic rings. The molecule has 1 atom stereocenters. The summed E-state index contributed by atoms with van der Waals surface area (Å²) in [6.45, 7) is 2.13. The third kappa shape index (κ3) is 8.97. The highest BCUT2D eigenvalue weighted by atomic mass is 16.5. The Morgan fingerprint density at radius 3 is 2.52 bits per heavy atom. The van der Waals surface area contributed by atoms with E-state index in [1.807, 2.05) is 0 Å². The summed E-state index contributed by atoms with van der Waals surface area (Å²) in [6, 6.07) is 8.87. The minimum absolute atomic E-state index is 0.131. The lowest BCUT2D eigenvalue weighted by Crippen LogP contribution is -2.02. The van der Waals surface area contributed by atoms with Gasteiger partial charge < -0.3 is 4.74 Å². The summed E-state index contributed by atoms with van der Waals surface area (Å²) in [7, 11) is 1.43. The van der Waals surface area contributed by atoms with Gasteiger partial charge in [0.05, 0.1) is 7.11 Å². The van der Waals surface area contributed by atoms with Crippen LogP contribution < -0.4 is 0 Å². The standard InChI is InChI=1S/C26H38O3/c1-21-15-17-22(18-16-21)11-7-3-4-8-12-23-19-20-25(27)24(23)13-9-5-6-10-14-26(28)29-2/h13,15-18,23H,3-12,14,19-20H2,1-2H3/b24-13+/t23-/m1/s1. The van der Waals surface area contributed by atoms with Gasteiger partial charge in [0, 0.05) is 12.8 Å². The fourth-order valence-electron chi connectivity index (χ4n) is 4.19. The molecule has 1 saturated carbocycles. The van der Waals surface area contributed by atoms with Gasteiger partial charge >= 0.3 is 5.97 Å². The fraction of sp³-hybridized carbons (Fsp3) is 0.615. The van der Waals surface area contributed by atoms with Crippen LogP contribution in [0.5, 0.6) is 0 Å². The van der Waals surface area contributed by atoms with Crippen molar-refractivity contribution in [3.63, 3.8) is 0 Å². The van der Waals surface area contributed by atoms with Gasteiger partial charge in [0.1, 0.15) is 0 Å². The van der Waals surface area contributed by atoms with Crippen molar-refractivity contribution in [2.24, 2.45) is 5.92 Å². The van der Waals surface area contributed by atoms with Crippen LogP contribution >= 0.6 is 0 Å². The van der Waals surface area contributed by atoms with E-state index in [-0.39, 0.29) is 5.97 Å². The third-order valence-corrected chi connectivity index (χ3v) is 6.05. The molecule has 160 valence electrons. The van der Waals surface area contributed by atoms with Gasteiger partial charge in [0.25, 0.3) is 0 Å². The van der Waals surface area contributed by atoms with E-state index in [4.69, 9.17) is 0 Å². The summed E-state index contributed by atoms with van der Waals surface area (Å²) in [4.78, 5) is 23.3. The largest absolute Gasteiger partial charge is 0.469 e. The monoisotopic (exact) mass is 398 g/mol. The maximum absolute atomic E-state index is 12.2. The molecule has 1 aliphatic rings. The first-order valence-electron chi connectivity index (χ1n) is 11.5. The predicted octanol–water partition coefficient (Wildman–Crippen LogP) is 6.52. The molecule has 29 heavy (non-hydrogen) atoms. The number of ether oxygens (including phenoxy) is 1. The van der Waals surface area contributed by atoms with E-state index >= 15 is 0 Å². The molecule has 0 aliphatic heterocycles. The number of benzene rings is 1. The zero-order valence-electron chi connectivity index (χ0n) is 18.4. The van der Waals surface area contributed by atoms with E-state index in [2.05, 4.69) is 42.0 Å². The molecule has 0 spiro atoms. The number of methoxy groups -OCH3 is 1. The first kappa shape index (κ1) is 23.4. The Balaban J connectivity index is 1.59. The van der Waals surface area contributed by atoms with Crippen molar-refractivity contribution < 1.29 is 14.3 Å². The van der Waals surface area contributed by atoms with Gasteiger partial charge in [0.2, 0.25) is 0 Å². The number of esters is 1. The van der Waals surface area contributed by atoms with Crippen molar-refractivity contribution in [2.45, 2.75) is 90.4 Å². The second kappa shape index (κ2) is 13.3. The van der Waals surface area contributed by atoms with Crippen molar-refractivity contribution in [1.29, 1.82) is 0 Å². The van der Waals surface area contributed by atoms with Crippen LogP contribution in [-0.2, 0) is 20.7 Å². The Hall–Kier alpha value is -1.90. The molecule has 0 N–H and O–H groups in total. The number of hydrogen-bond donors (Lipinski definition) is 0. The van der Waals surface area contributed by atoms with Crippen LogP contribution in [0.15, 0.2) is 35.9 Å². The molecule has 1 fully saturated rings. The molecule has 0 aromatic heterocycles. The molecule has 0 bridgehead atoms.